The van der Waals surface area contributed by atoms with Gasteiger partial charge >= 0.3 is 0 Å². The molecule has 2 amide bonds. The van der Waals surface area contributed by atoms with E-state index >= 15 is 0 Å². The quantitative estimate of drug-likeness (QED) is 0.459. The van der Waals surface area contributed by atoms with Crippen LogP contribution in [0.25, 0.3) is 10.9 Å². The molecule has 8 nitrogen and oxygen atoms in total. The molecule has 1 atom stereocenters. The fourth-order valence-corrected chi connectivity index (χ4v) is 4.37. The largest absolute Gasteiger partial charge is 0.497 e. The number of carbonyl (C=O) groups is 2. The van der Waals surface area contributed by atoms with E-state index in [1.54, 1.807) is 30.5 Å². The lowest BCUT2D eigenvalue weighted by Gasteiger charge is -2.35. The van der Waals surface area contributed by atoms with Gasteiger partial charge in [0.05, 0.1) is 13.7 Å². The summed E-state index contributed by atoms with van der Waals surface area (Å²) in [6.07, 6.45) is 7.88. The summed E-state index contributed by atoms with van der Waals surface area (Å²) in [6, 6.07) is 12.7. The lowest BCUT2D eigenvalue weighted by Crippen LogP contribution is -2.54. The zero-order chi connectivity index (χ0) is 22.8. The number of aromatic nitrogens is 3. The zero-order valence-electron chi connectivity index (χ0n) is 18.3. The lowest BCUT2D eigenvalue weighted by atomic mass is 10.1. The minimum absolute atomic E-state index is 0.154. The summed E-state index contributed by atoms with van der Waals surface area (Å²) in [4.78, 5) is 35.4. The molecule has 33 heavy (non-hydrogen) atoms. The molecule has 2 N–H and O–H groups in total. The molecule has 1 aliphatic rings. The van der Waals surface area contributed by atoms with Gasteiger partial charge in [0.2, 0.25) is 5.91 Å². The monoisotopic (exact) mass is 443 g/mol. The molecule has 0 bridgehead atoms. The minimum atomic E-state index is -0.597. The Morgan fingerprint density at radius 3 is 3.00 bits per heavy atom. The second kappa shape index (κ2) is 8.82. The first-order chi connectivity index (χ1) is 16.1. The third-order valence-electron chi connectivity index (χ3n) is 6.10. The Bertz CT molecular complexity index is 1290. The van der Waals surface area contributed by atoms with E-state index in [4.69, 9.17) is 4.74 Å². The molecule has 168 valence electrons. The molecule has 4 heterocycles. The van der Waals surface area contributed by atoms with Gasteiger partial charge in [-0.3, -0.25) is 14.6 Å². The van der Waals surface area contributed by atoms with Crippen LogP contribution in [0.1, 0.15) is 21.6 Å². The molecule has 8 heteroatoms. The maximum Gasteiger partial charge on any atom is 0.271 e. The highest BCUT2D eigenvalue weighted by Crippen LogP contribution is 2.24. The van der Waals surface area contributed by atoms with E-state index in [-0.39, 0.29) is 11.8 Å². The van der Waals surface area contributed by atoms with Gasteiger partial charge in [-0.2, -0.15) is 0 Å². The van der Waals surface area contributed by atoms with Crippen LogP contribution in [0.3, 0.4) is 0 Å². The number of methoxy groups -OCH3 is 1. The number of nitrogens with one attached hydrogen (secondary N) is 2. The molecule has 0 spiro atoms. The molecule has 3 aromatic heterocycles. The molecule has 0 radical (unpaired) electrons. The van der Waals surface area contributed by atoms with Crippen LogP contribution < -0.4 is 10.1 Å². The minimum Gasteiger partial charge on any atom is -0.497 e. The van der Waals surface area contributed by atoms with Gasteiger partial charge in [0, 0.05) is 48.8 Å². The Morgan fingerprint density at radius 1 is 1.27 bits per heavy atom. The van der Waals surface area contributed by atoms with Crippen LogP contribution >= 0.6 is 0 Å². The predicted octanol–water partition coefficient (Wildman–Crippen LogP) is 2.76. The van der Waals surface area contributed by atoms with Crippen molar-refractivity contribution < 1.29 is 14.3 Å². The molecular weight excluding hydrogens is 418 g/mol. The van der Waals surface area contributed by atoms with Gasteiger partial charge in [0.25, 0.3) is 5.91 Å². The maximum absolute atomic E-state index is 13.2. The molecular formula is C25H25N5O3. The van der Waals surface area contributed by atoms with E-state index in [1.807, 2.05) is 53.4 Å². The maximum atomic E-state index is 13.2. The molecule has 5 rings (SSSR count). The van der Waals surface area contributed by atoms with Crippen molar-refractivity contribution in [2.24, 2.45) is 0 Å². The number of rotatable bonds is 7. The van der Waals surface area contributed by atoms with E-state index in [2.05, 4.69) is 15.3 Å². The number of ether oxygens (including phenoxy) is 1. The van der Waals surface area contributed by atoms with Crippen molar-refractivity contribution in [2.45, 2.75) is 25.6 Å². The topological polar surface area (TPSA) is 92.2 Å². The number of hydrogen-bond acceptors (Lipinski definition) is 4. The lowest BCUT2D eigenvalue weighted by molar-refractivity contribution is -0.126. The van der Waals surface area contributed by atoms with Gasteiger partial charge in [-0.15, -0.1) is 0 Å². The van der Waals surface area contributed by atoms with Crippen molar-refractivity contribution >= 4 is 22.7 Å². The summed E-state index contributed by atoms with van der Waals surface area (Å²) in [7, 11) is 1.65. The first kappa shape index (κ1) is 20.8. The number of amides is 2. The number of nitrogens with zero attached hydrogens (tertiary/aromatic N) is 3. The Morgan fingerprint density at radius 2 is 2.18 bits per heavy atom. The summed E-state index contributed by atoms with van der Waals surface area (Å²) >= 11 is 0. The Kier molecular flexibility index (Phi) is 5.56. The van der Waals surface area contributed by atoms with Gasteiger partial charge in [0.1, 0.15) is 17.5 Å². The smallest absolute Gasteiger partial charge is 0.271 e. The fraction of sp³-hybridized carbons (Fsp3) is 0.240. The number of H-pyrrole nitrogens is 1. The van der Waals surface area contributed by atoms with Gasteiger partial charge in [-0.1, -0.05) is 6.07 Å². The summed E-state index contributed by atoms with van der Waals surface area (Å²) < 4.78 is 7.18. The number of pyridine rings is 1. The first-order valence-electron chi connectivity index (χ1n) is 10.9. The third-order valence-corrected chi connectivity index (χ3v) is 6.10. The third kappa shape index (κ3) is 4.07. The van der Waals surface area contributed by atoms with Gasteiger partial charge in [-0.05, 0) is 53.9 Å². The van der Waals surface area contributed by atoms with Crippen LogP contribution in [0.2, 0.25) is 0 Å². The second-order valence-corrected chi connectivity index (χ2v) is 8.12. The number of benzene rings is 1. The van der Waals surface area contributed by atoms with Crippen LogP contribution in [0.15, 0.2) is 67.3 Å². The molecule has 0 aliphatic carbocycles. The highest BCUT2D eigenvalue weighted by molar-refractivity contribution is 5.97. The van der Waals surface area contributed by atoms with Gasteiger partial charge < -0.3 is 24.5 Å². The van der Waals surface area contributed by atoms with E-state index in [1.165, 1.54) is 0 Å². The molecule has 1 aromatic carbocycles. The van der Waals surface area contributed by atoms with E-state index in [0.29, 0.717) is 31.7 Å². The standard InChI is InChI=1S/C25H25N5O3/c1-33-19-6-7-21-20(12-19)18(14-28-21)8-10-27-24(31)23-16-29-11-3-5-22(29)25(32)30(23)15-17-4-2-9-26-13-17/h2-7,9,11-14,23,28H,8,10,15-16H2,1H3,(H,27,31). The summed E-state index contributed by atoms with van der Waals surface area (Å²) in [6.45, 7) is 1.22. The predicted molar refractivity (Wildman–Crippen MR) is 124 cm³/mol. The van der Waals surface area contributed by atoms with Gasteiger partial charge in [-0.25, -0.2) is 0 Å². The van der Waals surface area contributed by atoms with Crippen molar-refractivity contribution in [1.29, 1.82) is 0 Å². The molecule has 0 saturated heterocycles. The Labute approximate surface area is 191 Å². The van der Waals surface area contributed by atoms with Crippen molar-refractivity contribution in [1.82, 2.24) is 24.8 Å². The van der Waals surface area contributed by atoms with Crippen molar-refractivity contribution in [3.8, 4) is 5.75 Å². The van der Waals surface area contributed by atoms with Crippen LogP contribution in [0.4, 0.5) is 0 Å². The fourth-order valence-electron chi connectivity index (χ4n) is 4.37. The molecule has 0 saturated carbocycles. The average Bonchev–Trinajstić information content (AvgIpc) is 3.48. The molecule has 4 aromatic rings. The van der Waals surface area contributed by atoms with E-state index in [0.717, 1.165) is 27.8 Å². The van der Waals surface area contributed by atoms with Crippen molar-refractivity contribution in [2.75, 3.05) is 13.7 Å². The second-order valence-electron chi connectivity index (χ2n) is 8.12. The normalized spacial score (nSPS) is 15.5. The molecule has 1 aliphatic heterocycles. The van der Waals surface area contributed by atoms with Crippen molar-refractivity contribution in [3.05, 3.63) is 84.1 Å². The van der Waals surface area contributed by atoms with Crippen molar-refractivity contribution in [3.63, 3.8) is 0 Å². The summed E-state index contributed by atoms with van der Waals surface area (Å²) in [5.74, 6) is 0.477. The van der Waals surface area contributed by atoms with Gasteiger partial charge in [0.15, 0.2) is 0 Å². The number of hydrogen-bond donors (Lipinski definition) is 2. The SMILES string of the molecule is COc1ccc2[nH]cc(CCNC(=O)C3Cn4cccc4C(=O)N3Cc3cccnc3)c2c1. The first-order valence-corrected chi connectivity index (χ1v) is 10.9. The Balaban J connectivity index is 1.30. The van der Waals surface area contributed by atoms with E-state index < -0.39 is 6.04 Å². The van der Waals surface area contributed by atoms with Crippen LogP contribution in [-0.2, 0) is 24.3 Å². The number of carbonyl (C=O) groups excluding carboxylic acids is 2. The number of aromatic amines is 1. The highest BCUT2D eigenvalue weighted by Gasteiger charge is 2.36. The number of fused-ring (bicyclic) bond motifs is 2. The van der Waals surface area contributed by atoms with Crippen LogP contribution in [0.5, 0.6) is 5.75 Å². The zero-order valence-corrected chi connectivity index (χ0v) is 18.3. The van der Waals surface area contributed by atoms with Crippen LogP contribution in [-0.4, -0.2) is 50.9 Å². The van der Waals surface area contributed by atoms with Crippen LogP contribution in [0, 0.1) is 0 Å². The molecule has 1 unspecified atom stereocenters. The summed E-state index contributed by atoms with van der Waals surface area (Å²) in [5.41, 5.74) is 3.61. The molecule has 0 fully saturated rings. The Hall–Kier alpha value is -4.07. The highest BCUT2D eigenvalue weighted by atomic mass is 16.5. The average molecular weight is 444 g/mol. The summed E-state index contributed by atoms with van der Waals surface area (Å²) in [5, 5.41) is 4.11. The van der Waals surface area contributed by atoms with E-state index in [9.17, 15) is 9.59 Å².